The number of carboxylic acids is 1. The number of nitrogens with zero attached hydrogens (tertiary/aromatic N) is 3. The number of hydrogen-bond acceptors (Lipinski definition) is 6. The fourth-order valence-electron chi connectivity index (χ4n) is 3.17. The molecule has 0 fully saturated rings. The van der Waals surface area contributed by atoms with Crippen LogP contribution in [0.25, 0.3) is 11.5 Å². The van der Waals surface area contributed by atoms with E-state index in [-0.39, 0.29) is 6.54 Å². The van der Waals surface area contributed by atoms with Gasteiger partial charge in [0.15, 0.2) is 0 Å². The molecule has 0 bridgehead atoms. The molecule has 0 saturated heterocycles. The van der Waals surface area contributed by atoms with E-state index in [0.29, 0.717) is 30.2 Å². The van der Waals surface area contributed by atoms with Crippen LogP contribution in [0.4, 0.5) is 0 Å². The van der Waals surface area contributed by atoms with Gasteiger partial charge in [0.05, 0.1) is 12.3 Å². The van der Waals surface area contributed by atoms with Crippen LogP contribution in [0.2, 0.25) is 0 Å². The highest BCUT2D eigenvalue weighted by molar-refractivity contribution is 7.86. The molecule has 0 spiro atoms. The molecule has 33 heavy (non-hydrogen) atoms. The van der Waals surface area contributed by atoms with Crippen LogP contribution in [0.5, 0.6) is 5.75 Å². The average molecular weight is 474 g/mol. The Morgan fingerprint density at radius 2 is 1.85 bits per heavy atom. The fraction of sp³-hybridized carbons (Fsp3) is 0.304. The number of ether oxygens (including phenoxy) is 1. The van der Waals surface area contributed by atoms with Gasteiger partial charge in [-0.2, -0.15) is 17.0 Å². The Hall–Kier alpha value is -3.21. The molecule has 2 aromatic carbocycles. The van der Waals surface area contributed by atoms with Crippen molar-refractivity contribution in [2.45, 2.75) is 19.9 Å². The molecule has 0 amide bonds. The number of rotatable bonds is 11. The molecule has 0 atom stereocenters. The zero-order chi connectivity index (χ0) is 24.0. The summed E-state index contributed by atoms with van der Waals surface area (Å²) in [5.41, 5.74) is 2.32. The topological polar surface area (TPSA) is 113 Å². The second kappa shape index (κ2) is 10.6. The van der Waals surface area contributed by atoms with Crippen molar-refractivity contribution in [3.8, 4) is 17.2 Å². The van der Waals surface area contributed by atoms with Crippen LogP contribution in [0.3, 0.4) is 0 Å². The molecule has 176 valence electrons. The zero-order valence-corrected chi connectivity index (χ0v) is 19.6. The minimum absolute atomic E-state index is 0.0904. The van der Waals surface area contributed by atoms with Gasteiger partial charge in [-0.3, -0.25) is 4.79 Å². The van der Waals surface area contributed by atoms with E-state index in [9.17, 15) is 13.2 Å². The number of carboxylic acid groups (broad SMARTS) is 1. The fourth-order valence-corrected chi connectivity index (χ4v) is 4.22. The van der Waals surface area contributed by atoms with Gasteiger partial charge in [0.25, 0.3) is 10.2 Å². The average Bonchev–Trinajstić information content (AvgIpc) is 3.14. The monoisotopic (exact) mass is 473 g/mol. The van der Waals surface area contributed by atoms with E-state index in [1.807, 2.05) is 37.3 Å². The normalized spacial score (nSPS) is 11.8. The lowest BCUT2D eigenvalue weighted by Crippen LogP contribution is -2.42. The van der Waals surface area contributed by atoms with E-state index in [1.54, 1.807) is 24.3 Å². The molecule has 1 aromatic heterocycles. The molecule has 1 N–H and O–H groups in total. The molecular formula is C23H27N3O6S. The van der Waals surface area contributed by atoms with Crippen LogP contribution in [-0.4, -0.2) is 60.3 Å². The van der Waals surface area contributed by atoms with Gasteiger partial charge in [-0.1, -0.05) is 30.3 Å². The first-order valence-corrected chi connectivity index (χ1v) is 11.7. The molecular weight excluding hydrogens is 446 g/mol. The largest absolute Gasteiger partial charge is 0.493 e. The second-order valence-corrected chi connectivity index (χ2v) is 9.73. The lowest BCUT2D eigenvalue weighted by atomic mass is 10.2. The highest BCUT2D eigenvalue weighted by Gasteiger charge is 2.27. The third kappa shape index (κ3) is 6.41. The van der Waals surface area contributed by atoms with Crippen molar-refractivity contribution in [1.29, 1.82) is 0 Å². The van der Waals surface area contributed by atoms with Crippen LogP contribution in [0, 0.1) is 6.92 Å². The molecule has 3 rings (SSSR count). The van der Waals surface area contributed by atoms with Crippen molar-refractivity contribution in [1.82, 2.24) is 13.6 Å². The Morgan fingerprint density at radius 3 is 2.52 bits per heavy atom. The molecule has 0 aliphatic carbocycles. The summed E-state index contributed by atoms with van der Waals surface area (Å²) < 4.78 is 38.4. The van der Waals surface area contributed by atoms with E-state index in [0.717, 1.165) is 25.6 Å². The van der Waals surface area contributed by atoms with E-state index in [2.05, 4.69) is 4.98 Å². The summed E-state index contributed by atoms with van der Waals surface area (Å²) in [6, 6.07) is 16.6. The summed E-state index contributed by atoms with van der Waals surface area (Å²) in [6.45, 7) is 1.48. The molecule has 0 unspecified atom stereocenters. The molecule has 1 heterocycles. The molecule has 0 saturated carbocycles. The summed E-state index contributed by atoms with van der Waals surface area (Å²) >= 11 is 0. The van der Waals surface area contributed by atoms with Crippen LogP contribution >= 0.6 is 0 Å². The van der Waals surface area contributed by atoms with Crippen LogP contribution in [-0.2, 0) is 28.0 Å². The van der Waals surface area contributed by atoms with E-state index < -0.39 is 22.7 Å². The van der Waals surface area contributed by atoms with Crippen molar-refractivity contribution in [2.75, 3.05) is 27.2 Å². The number of oxazole rings is 1. The quantitative estimate of drug-likeness (QED) is 0.455. The Labute approximate surface area is 193 Å². The molecule has 0 aliphatic rings. The van der Waals surface area contributed by atoms with Gasteiger partial charge in [-0.25, -0.2) is 4.98 Å². The third-order valence-corrected chi connectivity index (χ3v) is 6.71. The number of benzene rings is 2. The Bertz CT molecular complexity index is 1190. The lowest BCUT2D eigenvalue weighted by molar-refractivity contribution is -0.137. The molecule has 0 aliphatic heterocycles. The summed E-state index contributed by atoms with van der Waals surface area (Å²) in [4.78, 5) is 15.7. The first kappa shape index (κ1) is 24.4. The Balaban J connectivity index is 1.65. The van der Waals surface area contributed by atoms with E-state index in [4.69, 9.17) is 14.3 Å². The highest BCUT2D eigenvalue weighted by Crippen LogP contribution is 2.22. The van der Waals surface area contributed by atoms with Gasteiger partial charge in [-0.15, -0.1) is 0 Å². The predicted molar refractivity (Wildman–Crippen MR) is 123 cm³/mol. The number of aliphatic carboxylic acids is 1. The first-order chi connectivity index (χ1) is 15.7. The standard InChI is InChI=1S/C23H27N3O6S/c1-17-21(24-23(32-17)19-9-5-4-6-10-19)12-13-31-20-11-7-8-18(14-20)15-26(16-22(27)28)33(29,30)25(2)3/h4-11,14H,12-13,15-16H2,1-3H3,(H,27,28). The summed E-state index contributed by atoms with van der Waals surface area (Å²) in [5, 5.41) is 9.12. The van der Waals surface area contributed by atoms with Crippen LogP contribution in [0.1, 0.15) is 17.0 Å². The number of hydrogen-bond donors (Lipinski definition) is 1. The molecule has 3 aromatic rings. The molecule has 0 radical (unpaired) electrons. The minimum atomic E-state index is -3.90. The minimum Gasteiger partial charge on any atom is -0.493 e. The predicted octanol–water partition coefficient (Wildman–Crippen LogP) is 2.96. The van der Waals surface area contributed by atoms with E-state index >= 15 is 0 Å². The smallest absolute Gasteiger partial charge is 0.318 e. The number of aryl methyl sites for hydroxylation is 1. The third-order valence-electron chi connectivity index (χ3n) is 4.88. The number of carbonyl (C=O) groups is 1. The maximum atomic E-state index is 12.5. The maximum absolute atomic E-state index is 12.5. The highest BCUT2D eigenvalue weighted by atomic mass is 32.2. The maximum Gasteiger partial charge on any atom is 0.318 e. The number of aromatic nitrogens is 1. The lowest BCUT2D eigenvalue weighted by Gasteiger charge is -2.24. The summed E-state index contributed by atoms with van der Waals surface area (Å²) in [7, 11) is -1.18. The van der Waals surface area contributed by atoms with Crippen molar-refractivity contribution >= 4 is 16.2 Å². The molecule has 9 nitrogen and oxygen atoms in total. The van der Waals surface area contributed by atoms with Gasteiger partial charge in [-0.05, 0) is 36.8 Å². The van der Waals surface area contributed by atoms with Crippen molar-refractivity contribution in [3.63, 3.8) is 0 Å². The molecule has 10 heteroatoms. The van der Waals surface area contributed by atoms with Gasteiger partial charge in [0.1, 0.15) is 18.1 Å². The summed E-state index contributed by atoms with van der Waals surface area (Å²) in [6.07, 6.45) is 0.534. The Morgan fingerprint density at radius 1 is 1.12 bits per heavy atom. The van der Waals surface area contributed by atoms with Crippen molar-refractivity contribution in [2.24, 2.45) is 0 Å². The van der Waals surface area contributed by atoms with Gasteiger partial charge in [0.2, 0.25) is 5.89 Å². The zero-order valence-electron chi connectivity index (χ0n) is 18.8. The summed E-state index contributed by atoms with van der Waals surface area (Å²) in [5.74, 6) is 0.607. The second-order valence-electron chi connectivity index (χ2n) is 7.59. The Kier molecular flexibility index (Phi) is 7.85. The first-order valence-electron chi connectivity index (χ1n) is 10.3. The van der Waals surface area contributed by atoms with Gasteiger partial charge in [0, 0.05) is 32.6 Å². The van der Waals surface area contributed by atoms with Gasteiger partial charge >= 0.3 is 5.97 Å². The van der Waals surface area contributed by atoms with Crippen LogP contribution < -0.4 is 4.74 Å². The van der Waals surface area contributed by atoms with E-state index in [1.165, 1.54) is 14.1 Å². The van der Waals surface area contributed by atoms with Crippen molar-refractivity contribution in [3.05, 3.63) is 71.6 Å². The van der Waals surface area contributed by atoms with Gasteiger partial charge < -0.3 is 14.3 Å². The van der Waals surface area contributed by atoms with Crippen LogP contribution in [0.15, 0.2) is 59.0 Å². The van der Waals surface area contributed by atoms with Crippen molar-refractivity contribution < 1.29 is 27.5 Å². The SMILES string of the molecule is Cc1oc(-c2ccccc2)nc1CCOc1cccc(CN(CC(=O)O)S(=O)(=O)N(C)C)c1.